The summed E-state index contributed by atoms with van der Waals surface area (Å²) in [6.07, 6.45) is 1.14. The zero-order valence-electron chi connectivity index (χ0n) is 12.1. The Morgan fingerprint density at radius 3 is 2.35 bits per heavy atom. The van der Waals surface area contributed by atoms with E-state index in [0.717, 1.165) is 11.8 Å². The molecule has 20 heavy (non-hydrogen) atoms. The van der Waals surface area contributed by atoms with E-state index < -0.39 is 10.0 Å². The fourth-order valence-corrected chi connectivity index (χ4v) is 2.00. The summed E-state index contributed by atoms with van der Waals surface area (Å²) < 4.78 is 24.2. The monoisotopic (exact) mass is 298 g/mol. The van der Waals surface area contributed by atoms with Gasteiger partial charge in [0.15, 0.2) is 5.96 Å². The van der Waals surface area contributed by atoms with Crippen LogP contribution in [0.5, 0.6) is 0 Å². The van der Waals surface area contributed by atoms with Crippen molar-refractivity contribution in [3.63, 3.8) is 0 Å². The molecule has 0 unspecified atom stereocenters. The molecule has 0 aliphatic rings. The number of nitrogens with one attached hydrogen (secondary N) is 3. The van der Waals surface area contributed by atoms with Crippen molar-refractivity contribution in [2.24, 2.45) is 4.99 Å². The molecule has 0 fully saturated rings. The lowest BCUT2D eigenvalue weighted by Crippen LogP contribution is -2.41. The molecule has 0 atom stereocenters. The normalized spacial score (nSPS) is 12.2. The summed E-state index contributed by atoms with van der Waals surface area (Å²) in [6.45, 7) is 3.51. The van der Waals surface area contributed by atoms with E-state index >= 15 is 0 Å². The van der Waals surface area contributed by atoms with Crippen LogP contribution in [0.25, 0.3) is 0 Å². The molecule has 7 heteroatoms. The highest BCUT2D eigenvalue weighted by atomic mass is 32.2. The molecule has 0 spiro atoms. The quantitative estimate of drug-likeness (QED) is 0.398. The first-order valence-electron chi connectivity index (χ1n) is 6.35. The van der Waals surface area contributed by atoms with Crippen LogP contribution in [0.2, 0.25) is 0 Å². The summed E-state index contributed by atoms with van der Waals surface area (Å²) in [6, 6.07) is 8.23. The van der Waals surface area contributed by atoms with Crippen LogP contribution in [0.4, 0.5) is 0 Å². The maximum Gasteiger partial charge on any atom is 0.208 e. The van der Waals surface area contributed by atoms with Crippen molar-refractivity contribution in [2.75, 3.05) is 26.4 Å². The van der Waals surface area contributed by atoms with E-state index in [-0.39, 0.29) is 0 Å². The van der Waals surface area contributed by atoms with Gasteiger partial charge >= 0.3 is 0 Å². The van der Waals surface area contributed by atoms with Gasteiger partial charge in [0.05, 0.1) is 6.26 Å². The summed E-state index contributed by atoms with van der Waals surface area (Å²) in [5, 5.41) is 6.20. The van der Waals surface area contributed by atoms with Crippen LogP contribution < -0.4 is 15.4 Å². The van der Waals surface area contributed by atoms with E-state index in [1.165, 1.54) is 5.56 Å². The smallest absolute Gasteiger partial charge is 0.208 e. The highest BCUT2D eigenvalue weighted by Crippen LogP contribution is 2.02. The second kappa shape index (κ2) is 7.86. The number of aryl methyl sites for hydroxylation is 1. The third kappa shape index (κ3) is 7.10. The van der Waals surface area contributed by atoms with Crippen LogP contribution in [-0.4, -0.2) is 40.8 Å². The van der Waals surface area contributed by atoms with E-state index in [1.54, 1.807) is 7.05 Å². The van der Waals surface area contributed by atoms with E-state index in [0.29, 0.717) is 25.6 Å². The Balaban J connectivity index is 2.31. The molecule has 3 N–H and O–H groups in total. The van der Waals surface area contributed by atoms with Crippen LogP contribution in [0, 0.1) is 6.92 Å². The predicted octanol–water partition coefficient (Wildman–Crippen LogP) is 0.209. The van der Waals surface area contributed by atoms with Crippen molar-refractivity contribution in [2.45, 2.75) is 13.5 Å². The summed E-state index contributed by atoms with van der Waals surface area (Å²) >= 11 is 0. The predicted molar refractivity (Wildman–Crippen MR) is 82.2 cm³/mol. The Labute approximate surface area is 120 Å². The Morgan fingerprint density at radius 2 is 1.80 bits per heavy atom. The molecule has 0 saturated heterocycles. The average Bonchev–Trinajstić information content (AvgIpc) is 2.39. The van der Waals surface area contributed by atoms with Crippen molar-refractivity contribution >= 4 is 16.0 Å². The Bertz CT molecular complexity index is 538. The number of guanidine groups is 1. The number of hydrogen-bond acceptors (Lipinski definition) is 3. The maximum atomic E-state index is 10.9. The molecule has 0 aliphatic carbocycles. The van der Waals surface area contributed by atoms with Crippen LogP contribution >= 0.6 is 0 Å². The molecule has 0 amide bonds. The number of sulfonamides is 1. The van der Waals surface area contributed by atoms with Gasteiger partial charge in [-0.1, -0.05) is 29.8 Å². The van der Waals surface area contributed by atoms with E-state index in [2.05, 4.69) is 44.6 Å². The lowest BCUT2D eigenvalue weighted by Gasteiger charge is -2.12. The Hall–Kier alpha value is -1.60. The minimum absolute atomic E-state index is 0.323. The summed E-state index contributed by atoms with van der Waals surface area (Å²) in [5.41, 5.74) is 2.39. The van der Waals surface area contributed by atoms with Gasteiger partial charge in [0, 0.05) is 26.7 Å². The topological polar surface area (TPSA) is 82.6 Å². The molecule has 0 heterocycles. The van der Waals surface area contributed by atoms with Crippen molar-refractivity contribution in [1.82, 2.24) is 15.4 Å². The van der Waals surface area contributed by atoms with Crippen molar-refractivity contribution in [3.05, 3.63) is 35.4 Å². The van der Waals surface area contributed by atoms with Crippen molar-refractivity contribution < 1.29 is 8.42 Å². The number of benzene rings is 1. The van der Waals surface area contributed by atoms with Gasteiger partial charge in [-0.25, -0.2) is 13.1 Å². The summed E-state index contributed by atoms with van der Waals surface area (Å²) in [7, 11) is -1.46. The lowest BCUT2D eigenvalue weighted by atomic mass is 10.1. The minimum atomic E-state index is -3.14. The first kappa shape index (κ1) is 16.5. The molecular weight excluding hydrogens is 276 g/mol. The highest BCUT2D eigenvalue weighted by molar-refractivity contribution is 7.88. The van der Waals surface area contributed by atoms with Gasteiger partial charge in [-0.3, -0.25) is 4.99 Å². The molecule has 1 rings (SSSR count). The standard InChI is InChI=1S/C13H22N4O2S/c1-11-4-6-12(7-5-11)10-16-13(14-2)15-8-9-17-20(3,18)19/h4-7,17H,8-10H2,1-3H3,(H2,14,15,16). The summed E-state index contributed by atoms with van der Waals surface area (Å²) in [4.78, 5) is 4.07. The molecule has 1 aromatic rings. The van der Waals surface area contributed by atoms with Crippen LogP contribution in [-0.2, 0) is 16.6 Å². The number of rotatable bonds is 6. The fourth-order valence-electron chi connectivity index (χ4n) is 1.53. The number of aliphatic imine (C=N–C) groups is 1. The van der Waals surface area contributed by atoms with Crippen molar-refractivity contribution in [3.8, 4) is 0 Å². The Morgan fingerprint density at radius 1 is 1.15 bits per heavy atom. The summed E-state index contributed by atoms with van der Waals surface area (Å²) in [5.74, 6) is 0.640. The zero-order valence-corrected chi connectivity index (χ0v) is 12.9. The molecule has 0 saturated carbocycles. The zero-order chi connectivity index (χ0) is 15.0. The van der Waals surface area contributed by atoms with Crippen LogP contribution in [0.3, 0.4) is 0 Å². The fraction of sp³-hybridized carbons (Fsp3) is 0.462. The molecule has 0 bridgehead atoms. The minimum Gasteiger partial charge on any atom is -0.355 e. The van der Waals surface area contributed by atoms with Crippen LogP contribution in [0.15, 0.2) is 29.3 Å². The van der Waals surface area contributed by atoms with Gasteiger partial charge in [0.1, 0.15) is 0 Å². The molecule has 6 nitrogen and oxygen atoms in total. The van der Waals surface area contributed by atoms with E-state index in [9.17, 15) is 8.42 Å². The number of nitrogens with zero attached hydrogens (tertiary/aromatic N) is 1. The van der Waals surface area contributed by atoms with Crippen LogP contribution in [0.1, 0.15) is 11.1 Å². The van der Waals surface area contributed by atoms with Crippen molar-refractivity contribution in [1.29, 1.82) is 0 Å². The third-order valence-corrected chi connectivity index (χ3v) is 3.31. The van der Waals surface area contributed by atoms with E-state index in [1.807, 2.05) is 6.92 Å². The van der Waals surface area contributed by atoms with Gasteiger partial charge in [0.2, 0.25) is 10.0 Å². The molecule has 0 aromatic heterocycles. The molecule has 112 valence electrons. The SMILES string of the molecule is CN=C(NCCNS(C)(=O)=O)NCc1ccc(C)cc1. The van der Waals surface area contributed by atoms with Gasteiger partial charge in [0.25, 0.3) is 0 Å². The van der Waals surface area contributed by atoms with Gasteiger partial charge in [-0.2, -0.15) is 0 Å². The van der Waals surface area contributed by atoms with Gasteiger partial charge in [-0.15, -0.1) is 0 Å². The van der Waals surface area contributed by atoms with Gasteiger partial charge < -0.3 is 10.6 Å². The third-order valence-electron chi connectivity index (χ3n) is 2.59. The first-order valence-corrected chi connectivity index (χ1v) is 8.24. The average molecular weight is 298 g/mol. The number of hydrogen-bond donors (Lipinski definition) is 3. The van der Waals surface area contributed by atoms with E-state index in [4.69, 9.17) is 0 Å². The lowest BCUT2D eigenvalue weighted by molar-refractivity contribution is 0.586. The Kier molecular flexibility index (Phi) is 6.47. The molecule has 0 radical (unpaired) electrons. The largest absolute Gasteiger partial charge is 0.355 e. The molecule has 0 aliphatic heterocycles. The van der Waals surface area contributed by atoms with Gasteiger partial charge in [-0.05, 0) is 12.5 Å². The molecule has 1 aromatic carbocycles. The molecular formula is C13H22N4O2S. The first-order chi connectivity index (χ1) is 9.40. The second-order valence-corrected chi connectivity index (χ2v) is 6.34. The second-order valence-electron chi connectivity index (χ2n) is 4.50. The maximum absolute atomic E-state index is 10.9. The highest BCUT2D eigenvalue weighted by Gasteiger charge is 2.01.